The molecule has 1 saturated heterocycles. The first kappa shape index (κ1) is 15.7. The zero-order valence-electron chi connectivity index (χ0n) is 12.8. The van der Waals surface area contributed by atoms with E-state index in [0.29, 0.717) is 24.5 Å². The molecule has 0 aromatic carbocycles. The van der Waals surface area contributed by atoms with Crippen LogP contribution in [0.1, 0.15) is 48.8 Å². The van der Waals surface area contributed by atoms with Crippen LogP contribution in [0, 0.1) is 12.3 Å². The smallest absolute Gasteiger partial charge is 0.272 e. The van der Waals surface area contributed by atoms with Crippen LogP contribution in [0.2, 0.25) is 0 Å². The van der Waals surface area contributed by atoms with Gasteiger partial charge in [0.25, 0.3) is 5.91 Å². The fourth-order valence-corrected chi connectivity index (χ4v) is 3.19. The minimum atomic E-state index is -0.170. The Labute approximate surface area is 125 Å². The van der Waals surface area contributed by atoms with Crippen LogP contribution in [0.3, 0.4) is 0 Å². The second-order valence-corrected chi connectivity index (χ2v) is 5.99. The molecule has 0 radical (unpaired) electrons. The summed E-state index contributed by atoms with van der Waals surface area (Å²) >= 11 is 0. The summed E-state index contributed by atoms with van der Waals surface area (Å²) in [7, 11) is 0. The lowest BCUT2D eigenvalue weighted by atomic mass is 9.77. The van der Waals surface area contributed by atoms with Crippen LogP contribution in [-0.4, -0.2) is 45.6 Å². The van der Waals surface area contributed by atoms with E-state index in [0.717, 1.165) is 25.7 Å². The molecule has 1 atom stereocenters. The topological polar surface area (TPSA) is 92.3 Å². The van der Waals surface area contributed by atoms with Crippen molar-refractivity contribution in [1.82, 2.24) is 14.9 Å². The van der Waals surface area contributed by atoms with Crippen molar-refractivity contribution in [2.75, 3.05) is 25.4 Å². The van der Waals surface area contributed by atoms with Gasteiger partial charge in [0.05, 0.1) is 6.61 Å². The Hall–Kier alpha value is -1.69. The van der Waals surface area contributed by atoms with Crippen molar-refractivity contribution in [1.29, 1.82) is 0 Å². The fraction of sp³-hybridized carbons (Fsp3) is 0.667. The maximum atomic E-state index is 12.6. The van der Waals surface area contributed by atoms with E-state index in [4.69, 9.17) is 5.73 Å². The molecule has 0 spiro atoms. The highest BCUT2D eigenvalue weighted by Gasteiger charge is 2.36. The molecular weight excluding hydrogens is 268 g/mol. The Morgan fingerprint density at radius 2 is 2.29 bits per heavy atom. The SMILES string of the molecule is CCC[C@@]1(CO)CCCN(C(=O)c2cc(C)nc(N)n2)C1. The third-order valence-corrected chi connectivity index (χ3v) is 4.15. The van der Waals surface area contributed by atoms with Gasteiger partial charge in [-0.2, -0.15) is 0 Å². The molecule has 0 saturated carbocycles. The van der Waals surface area contributed by atoms with Gasteiger partial charge in [0, 0.05) is 24.2 Å². The van der Waals surface area contributed by atoms with E-state index in [1.54, 1.807) is 17.9 Å². The number of piperidine rings is 1. The average Bonchev–Trinajstić information content (AvgIpc) is 2.46. The minimum absolute atomic E-state index is 0.121. The molecule has 1 aliphatic rings. The van der Waals surface area contributed by atoms with E-state index in [-0.39, 0.29) is 23.9 Å². The number of likely N-dealkylation sites (tertiary alicyclic amines) is 1. The molecule has 0 aliphatic carbocycles. The average molecular weight is 292 g/mol. The Morgan fingerprint density at radius 3 is 2.90 bits per heavy atom. The molecule has 1 amide bonds. The van der Waals surface area contributed by atoms with Crippen LogP contribution in [0.15, 0.2) is 6.07 Å². The van der Waals surface area contributed by atoms with Crippen molar-refractivity contribution < 1.29 is 9.90 Å². The Kier molecular flexibility index (Phi) is 4.77. The van der Waals surface area contributed by atoms with Gasteiger partial charge in [-0.25, -0.2) is 9.97 Å². The lowest BCUT2D eigenvalue weighted by molar-refractivity contribution is 0.0219. The maximum absolute atomic E-state index is 12.6. The summed E-state index contributed by atoms with van der Waals surface area (Å²) in [6.07, 6.45) is 3.80. The molecule has 21 heavy (non-hydrogen) atoms. The normalized spacial score (nSPS) is 22.3. The lowest BCUT2D eigenvalue weighted by Gasteiger charge is -2.41. The zero-order valence-corrected chi connectivity index (χ0v) is 12.8. The number of amides is 1. The van der Waals surface area contributed by atoms with Crippen LogP contribution >= 0.6 is 0 Å². The summed E-state index contributed by atoms with van der Waals surface area (Å²) in [5.74, 6) is -0.00170. The van der Waals surface area contributed by atoms with E-state index >= 15 is 0 Å². The van der Waals surface area contributed by atoms with Gasteiger partial charge in [-0.3, -0.25) is 4.79 Å². The Bertz CT molecular complexity index is 496. The molecule has 0 bridgehead atoms. The first-order valence-corrected chi connectivity index (χ1v) is 7.51. The van der Waals surface area contributed by atoms with Crippen LogP contribution in [-0.2, 0) is 0 Å². The number of anilines is 1. The number of carbonyl (C=O) groups excluding carboxylic acids is 1. The third kappa shape index (κ3) is 3.50. The van der Waals surface area contributed by atoms with E-state index in [1.165, 1.54) is 0 Å². The molecule has 2 heterocycles. The molecular formula is C15H24N4O2. The molecule has 3 N–H and O–H groups in total. The molecule has 1 aromatic rings. The molecule has 116 valence electrons. The lowest BCUT2D eigenvalue weighted by Crippen LogP contribution is -2.48. The minimum Gasteiger partial charge on any atom is -0.396 e. The van der Waals surface area contributed by atoms with Gasteiger partial charge in [0.2, 0.25) is 5.95 Å². The first-order valence-electron chi connectivity index (χ1n) is 7.51. The van der Waals surface area contributed by atoms with Crippen LogP contribution in [0.4, 0.5) is 5.95 Å². The van der Waals surface area contributed by atoms with Crippen molar-refractivity contribution >= 4 is 11.9 Å². The second-order valence-electron chi connectivity index (χ2n) is 5.99. The standard InChI is InChI=1S/C15H24N4O2/c1-3-5-15(10-20)6-4-7-19(9-15)13(21)12-8-11(2)17-14(16)18-12/h8,20H,3-7,9-10H2,1-2H3,(H2,16,17,18)/t15-/m1/s1. The number of carbonyl (C=O) groups is 1. The molecule has 1 fully saturated rings. The Morgan fingerprint density at radius 1 is 1.52 bits per heavy atom. The third-order valence-electron chi connectivity index (χ3n) is 4.15. The van der Waals surface area contributed by atoms with Crippen molar-refractivity contribution in [3.63, 3.8) is 0 Å². The number of nitrogens with zero attached hydrogens (tertiary/aromatic N) is 3. The highest BCUT2D eigenvalue weighted by atomic mass is 16.3. The quantitative estimate of drug-likeness (QED) is 0.874. The van der Waals surface area contributed by atoms with Crippen molar-refractivity contribution in [2.24, 2.45) is 5.41 Å². The van der Waals surface area contributed by atoms with Crippen molar-refractivity contribution in [2.45, 2.75) is 39.5 Å². The van der Waals surface area contributed by atoms with Gasteiger partial charge in [-0.05, 0) is 32.3 Å². The van der Waals surface area contributed by atoms with Crippen LogP contribution < -0.4 is 5.73 Å². The number of aryl methyl sites for hydroxylation is 1. The Balaban J connectivity index is 2.18. The molecule has 2 rings (SSSR count). The number of aromatic nitrogens is 2. The summed E-state index contributed by atoms with van der Waals surface area (Å²) in [5.41, 5.74) is 6.47. The summed E-state index contributed by atoms with van der Waals surface area (Å²) in [4.78, 5) is 22.4. The first-order chi connectivity index (χ1) is 9.99. The second kappa shape index (κ2) is 6.39. The number of hydrogen-bond donors (Lipinski definition) is 2. The molecule has 0 unspecified atom stereocenters. The van der Waals surface area contributed by atoms with Crippen LogP contribution in [0.25, 0.3) is 0 Å². The predicted octanol–water partition coefficient (Wildman–Crippen LogP) is 1.38. The summed E-state index contributed by atoms with van der Waals surface area (Å²) in [6.45, 7) is 5.30. The van der Waals surface area contributed by atoms with Gasteiger partial charge in [0.1, 0.15) is 5.69 Å². The summed E-state index contributed by atoms with van der Waals surface area (Å²) < 4.78 is 0. The largest absolute Gasteiger partial charge is 0.396 e. The number of hydrogen-bond acceptors (Lipinski definition) is 5. The van der Waals surface area contributed by atoms with Gasteiger partial charge in [-0.1, -0.05) is 13.3 Å². The van der Waals surface area contributed by atoms with E-state index in [2.05, 4.69) is 16.9 Å². The number of aliphatic hydroxyl groups excluding tert-OH is 1. The van der Waals surface area contributed by atoms with E-state index in [9.17, 15) is 9.90 Å². The van der Waals surface area contributed by atoms with Gasteiger partial charge in [0.15, 0.2) is 0 Å². The molecule has 6 heteroatoms. The van der Waals surface area contributed by atoms with Gasteiger partial charge < -0.3 is 15.7 Å². The highest BCUT2D eigenvalue weighted by Crippen LogP contribution is 2.34. The monoisotopic (exact) mass is 292 g/mol. The summed E-state index contributed by atoms with van der Waals surface area (Å²) in [5, 5.41) is 9.75. The zero-order chi connectivity index (χ0) is 15.5. The molecule has 6 nitrogen and oxygen atoms in total. The number of aliphatic hydroxyl groups is 1. The van der Waals surface area contributed by atoms with Gasteiger partial charge in [-0.15, -0.1) is 0 Å². The number of rotatable bonds is 4. The van der Waals surface area contributed by atoms with Gasteiger partial charge >= 0.3 is 0 Å². The number of nitrogen functional groups attached to an aromatic ring is 1. The highest BCUT2D eigenvalue weighted by molar-refractivity contribution is 5.92. The maximum Gasteiger partial charge on any atom is 0.272 e. The van der Waals surface area contributed by atoms with Crippen LogP contribution in [0.5, 0.6) is 0 Å². The van der Waals surface area contributed by atoms with Crippen molar-refractivity contribution in [3.05, 3.63) is 17.5 Å². The van der Waals surface area contributed by atoms with E-state index < -0.39 is 0 Å². The summed E-state index contributed by atoms with van der Waals surface area (Å²) in [6, 6.07) is 1.66. The van der Waals surface area contributed by atoms with Crippen molar-refractivity contribution in [3.8, 4) is 0 Å². The molecule has 1 aromatic heterocycles. The number of nitrogens with two attached hydrogens (primary N) is 1. The predicted molar refractivity (Wildman–Crippen MR) is 80.7 cm³/mol. The molecule has 1 aliphatic heterocycles. The van der Waals surface area contributed by atoms with E-state index in [1.807, 2.05) is 0 Å². The fourth-order valence-electron chi connectivity index (χ4n) is 3.19.